The zero-order valence-electron chi connectivity index (χ0n) is 14.2. The first kappa shape index (κ1) is 18.1. The van der Waals surface area contributed by atoms with Gasteiger partial charge in [-0.25, -0.2) is 0 Å². The zero-order valence-corrected chi connectivity index (χ0v) is 15.0. The number of aromatic nitrogens is 2. The molecule has 138 valence electrons. The topological polar surface area (TPSA) is 106 Å². The largest absolute Gasteiger partial charge is 0.341 e. The molecule has 26 heavy (non-hydrogen) atoms. The van der Waals surface area contributed by atoms with Crippen molar-refractivity contribution in [2.75, 3.05) is 26.2 Å². The third-order valence-corrected chi connectivity index (χ3v) is 5.11. The Hall–Kier alpha value is -2.68. The van der Waals surface area contributed by atoms with Crippen LogP contribution in [0.2, 0.25) is 0 Å². The van der Waals surface area contributed by atoms with Crippen molar-refractivity contribution in [1.82, 2.24) is 20.0 Å². The van der Waals surface area contributed by atoms with Crippen molar-refractivity contribution in [3.05, 3.63) is 54.7 Å². The van der Waals surface area contributed by atoms with Gasteiger partial charge in [-0.1, -0.05) is 0 Å². The van der Waals surface area contributed by atoms with Crippen LogP contribution in [-0.4, -0.2) is 58.0 Å². The summed E-state index contributed by atoms with van der Waals surface area (Å²) in [5.74, 6) is -0.156. The van der Waals surface area contributed by atoms with Crippen molar-refractivity contribution >= 4 is 23.2 Å². The Morgan fingerprint density at radius 1 is 1.00 bits per heavy atom. The van der Waals surface area contributed by atoms with Gasteiger partial charge in [0.1, 0.15) is 0 Å². The van der Waals surface area contributed by atoms with Gasteiger partial charge in [-0.2, -0.15) is 11.3 Å². The SMILES string of the molecule is O=C(Cc1ccsc1)N1CCCN(C(=O)Cc2cc(=O)[nH][nH]c2=O)CC1. The minimum absolute atomic E-state index is 0.0590. The fourth-order valence-electron chi connectivity index (χ4n) is 2.96. The van der Waals surface area contributed by atoms with Crippen molar-refractivity contribution in [2.45, 2.75) is 19.3 Å². The van der Waals surface area contributed by atoms with E-state index in [0.717, 1.165) is 11.6 Å². The molecule has 0 atom stereocenters. The molecular formula is C17H20N4O4S. The smallest absolute Gasteiger partial charge is 0.266 e. The molecule has 1 saturated heterocycles. The Labute approximate surface area is 153 Å². The van der Waals surface area contributed by atoms with Gasteiger partial charge in [-0.3, -0.25) is 29.4 Å². The summed E-state index contributed by atoms with van der Waals surface area (Å²) in [5.41, 5.74) is 0.230. The number of nitrogens with zero attached hydrogens (tertiary/aromatic N) is 2. The van der Waals surface area contributed by atoms with E-state index in [1.807, 2.05) is 16.8 Å². The van der Waals surface area contributed by atoms with Crippen LogP contribution >= 0.6 is 11.3 Å². The molecule has 0 unspecified atom stereocenters. The lowest BCUT2D eigenvalue weighted by Crippen LogP contribution is -2.39. The van der Waals surface area contributed by atoms with E-state index in [-0.39, 0.29) is 23.8 Å². The molecule has 3 rings (SSSR count). The standard InChI is InChI=1S/C17H20N4O4S/c22-14-9-13(17(25)19-18-14)10-16(24)21-4-1-3-20(5-6-21)15(23)8-12-2-7-26-11-12/h2,7,9,11H,1,3-6,8,10H2,(H,18,22)(H,19,25). The molecule has 1 aliphatic rings. The van der Waals surface area contributed by atoms with Gasteiger partial charge in [0.05, 0.1) is 12.8 Å². The number of nitrogens with one attached hydrogen (secondary N) is 2. The maximum Gasteiger partial charge on any atom is 0.266 e. The first-order valence-corrected chi connectivity index (χ1v) is 9.35. The molecule has 0 aliphatic carbocycles. The molecule has 0 bridgehead atoms. The molecule has 1 fully saturated rings. The second kappa shape index (κ2) is 8.13. The second-order valence-electron chi connectivity index (χ2n) is 6.21. The number of aromatic amines is 2. The fourth-order valence-corrected chi connectivity index (χ4v) is 3.63. The minimum Gasteiger partial charge on any atom is -0.341 e. The lowest BCUT2D eigenvalue weighted by molar-refractivity contribution is -0.132. The normalized spacial score (nSPS) is 14.9. The average Bonchev–Trinajstić information content (AvgIpc) is 2.99. The van der Waals surface area contributed by atoms with Gasteiger partial charge in [0.15, 0.2) is 0 Å². The Bertz CT molecular complexity index is 887. The van der Waals surface area contributed by atoms with Crippen LogP contribution in [0.25, 0.3) is 0 Å². The molecule has 0 saturated carbocycles. The summed E-state index contributed by atoms with van der Waals surface area (Å²) in [4.78, 5) is 51.3. The van der Waals surface area contributed by atoms with Crippen LogP contribution in [0.15, 0.2) is 32.5 Å². The van der Waals surface area contributed by atoms with Crippen LogP contribution in [0.4, 0.5) is 0 Å². The van der Waals surface area contributed by atoms with Gasteiger partial charge >= 0.3 is 0 Å². The first-order valence-electron chi connectivity index (χ1n) is 8.40. The molecule has 8 nitrogen and oxygen atoms in total. The van der Waals surface area contributed by atoms with Crippen LogP contribution in [-0.2, 0) is 22.4 Å². The van der Waals surface area contributed by atoms with E-state index in [2.05, 4.69) is 10.2 Å². The number of H-pyrrole nitrogens is 2. The molecule has 0 radical (unpaired) electrons. The third kappa shape index (κ3) is 4.48. The Morgan fingerprint density at radius 3 is 2.35 bits per heavy atom. The zero-order chi connectivity index (χ0) is 18.5. The number of hydrogen-bond donors (Lipinski definition) is 2. The molecule has 2 amide bonds. The summed E-state index contributed by atoms with van der Waals surface area (Å²) in [6, 6.07) is 3.08. The summed E-state index contributed by atoms with van der Waals surface area (Å²) in [6.45, 7) is 2.04. The lowest BCUT2D eigenvalue weighted by Gasteiger charge is -2.22. The van der Waals surface area contributed by atoms with Gasteiger partial charge in [0.25, 0.3) is 11.1 Å². The predicted molar refractivity (Wildman–Crippen MR) is 97.2 cm³/mol. The molecule has 0 spiro atoms. The highest BCUT2D eigenvalue weighted by Gasteiger charge is 2.22. The Morgan fingerprint density at radius 2 is 1.69 bits per heavy atom. The van der Waals surface area contributed by atoms with E-state index in [1.165, 1.54) is 0 Å². The van der Waals surface area contributed by atoms with E-state index in [1.54, 1.807) is 21.1 Å². The molecule has 0 aromatic carbocycles. The molecule has 1 aliphatic heterocycles. The fraction of sp³-hybridized carbons (Fsp3) is 0.412. The quantitative estimate of drug-likeness (QED) is 0.781. The van der Waals surface area contributed by atoms with E-state index in [4.69, 9.17) is 0 Å². The van der Waals surface area contributed by atoms with Gasteiger partial charge < -0.3 is 9.80 Å². The molecule has 2 aromatic rings. The maximum atomic E-state index is 12.5. The highest BCUT2D eigenvalue weighted by Crippen LogP contribution is 2.11. The van der Waals surface area contributed by atoms with Crippen LogP contribution in [0, 0.1) is 0 Å². The van der Waals surface area contributed by atoms with Crippen molar-refractivity contribution in [3.63, 3.8) is 0 Å². The number of carbonyl (C=O) groups excluding carboxylic acids is 2. The molecule has 3 heterocycles. The summed E-state index contributed by atoms with van der Waals surface area (Å²) in [5, 5.41) is 8.30. The average molecular weight is 376 g/mol. The maximum absolute atomic E-state index is 12.5. The van der Waals surface area contributed by atoms with E-state index in [0.29, 0.717) is 39.0 Å². The van der Waals surface area contributed by atoms with Crippen molar-refractivity contribution < 1.29 is 9.59 Å². The van der Waals surface area contributed by atoms with Crippen molar-refractivity contribution in [1.29, 1.82) is 0 Å². The van der Waals surface area contributed by atoms with Gasteiger partial charge in [0, 0.05) is 37.8 Å². The minimum atomic E-state index is -0.472. The highest BCUT2D eigenvalue weighted by atomic mass is 32.1. The first-order chi connectivity index (χ1) is 12.5. The number of carbonyl (C=O) groups is 2. The highest BCUT2D eigenvalue weighted by molar-refractivity contribution is 7.08. The Balaban J connectivity index is 1.58. The van der Waals surface area contributed by atoms with Gasteiger partial charge in [-0.15, -0.1) is 0 Å². The summed E-state index contributed by atoms with van der Waals surface area (Å²) in [7, 11) is 0. The number of hydrogen-bond acceptors (Lipinski definition) is 5. The van der Waals surface area contributed by atoms with Crippen molar-refractivity contribution in [2.24, 2.45) is 0 Å². The summed E-state index contributed by atoms with van der Waals surface area (Å²) >= 11 is 1.56. The van der Waals surface area contributed by atoms with Crippen LogP contribution in [0.3, 0.4) is 0 Å². The van der Waals surface area contributed by atoms with Gasteiger partial charge in [0.2, 0.25) is 11.8 Å². The van der Waals surface area contributed by atoms with Crippen LogP contribution < -0.4 is 11.1 Å². The molecule has 2 N–H and O–H groups in total. The summed E-state index contributed by atoms with van der Waals surface area (Å²) in [6.07, 6.45) is 0.939. The molecular weight excluding hydrogens is 356 g/mol. The predicted octanol–water partition coefficient (Wildman–Crippen LogP) is -0.0292. The third-order valence-electron chi connectivity index (χ3n) is 4.37. The number of thiophene rings is 1. The van der Waals surface area contributed by atoms with Crippen molar-refractivity contribution in [3.8, 4) is 0 Å². The van der Waals surface area contributed by atoms with Gasteiger partial charge in [-0.05, 0) is 28.8 Å². The Kier molecular flexibility index (Phi) is 5.67. The lowest BCUT2D eigenvalue weighted by atomic mass is 10.2. The van der Waals surface area contributed by atoms with Crippen LogP contribution in [0.1, 0.15) is 17.5 Å². The van der Waals surface area contributed by atoms with E-state index >= 15 is 0 Å². The second-order valence-corrected chi connectivity index (χ2v) is 6.99. The molecule has 2 aromatic heterocycles. The molecule has 9 heteroatoms. The van der Waals surface area contributed by atoms with E-state index in [9.17, 15) is 19.2 Å². The summed E-state index contributed by atoms with van der Waals surface area (Å²) < 4.78 is 0. The number of amides is 2. The van der Waals surface area contributed by atoms with E-state index < -0.39 is 11.1 Å². The monoisotopic (exact) mass is 376 g/mol. The number of rotatable bonds is 4. The van der Waals surface area contributed by atoms with Crippen LogP contribution in [0.5, 0.6) is 0 Å².